The van der Waals surface area contributed by atoms with Gasteiger partial charge in [-0.15, -0.1) is 0 Å². The summed E-state index contributed by atoms with van der Waals surface area (Å²) in [7, 11) is 0. The summed E-state index contributed by atoms with van der Waals surface area (Å²) in [6.07, 6.45) is 10.6. The molecule has 0 aliphatic heterocycles. The van der Waals surface area contributed by atoms with Crippen molar-refractivity contribution in [3.05, 3.63) is 72.3 Å². The van der Waals surface area contributed by atoms with Gasteiger partial charge in [-0.2, -0.15) is 0 Å². The number of hydrogen-bond acceptors (Lipinski definition) is 0. The van der Waals surface area contributed by atoms with E-state index in [-0.39, 0.29) is 0 Å². The molecule has 0 radical (unpaired) electrons. The Morgan fingerprint density at radius 2 is 1.70 bits per heavy atom. The highest BCUT2D eigenvalue weighted by Crippen LogP contribution is 2.50. The van der Waals surface area contributed by atoms with Gasteiger partial charge in [0.15, 0.2) is 0 Å². The molecule has 2 aliphatic rings. The maximum Gasteiger partial charge on any atom is -0.0118 e. The number of benzene rings is 2. The molecule has 100 valence electrons. The first-order chi connectivity index (χ1) is 9.84. The number of rotatable bonds is 1. The van der Waals surface area contributed by atoms with Gasteiger partial charge in [0.2, 0.25) is 0 Å². The quantitative estimate of drug-likeness (QED) is 0.651. The first kappa shape index (κ1) is 12.0. The van der Waals surface area contributed by atoms with Crippen molar-refractivity contribution in [2.24, 2.45) is 17.8 Å². The van der Waals surface area contributed by atoms with Crippen molar-refractivity contribution in [2.45, 2.75) is 19.3 Å². The van der Waals surface area contributed by atoms with E-state index in [1.165, 1.54) is 17.2 Å². The molecule has 4 atom stereocenters. The average Bonchev–Trinajstić information content (AvgIpc) is 2.84. The third kappa shape index (κ3) is 1.75. The largest absolute Gasteiger partial charge is 0.0808 e. The summed E-state index contributed by atoms with van der Waals surface area (Å²) < 4.78 is 0. The van der Waals surface area contributed by atoms with Crippen LogP contribution in [0, 0.1) is 17.8 Å². The van der Waals surface area contributed by atoms with E-state index in [0.717, 1.165) is 17.8 Å². The fraction of sp³-hybridized carbons (Fsp3) is 0.300. The van der Waals surface area contributed by atoms with Crippen LogP contribution in [-0.2, 0) is 0 Å². The highest BCUT2D eigenvalue weighted by molar-refractivity contribution is 5.86. The molecule has 2 aromatic carbocycles. The molecule has 1 fully saturated rings. The Morgan fingerprint density at radius 3 is 2.60 bits per heavy atom. The van der Waals surface area contributed by atoms with E-state index in [1.54, 1.807) is 5.56 Å². The first-order valence-corrected chi connectivity index (χ1v) is 7.67. The van der Waals surface area contributed by atoms with E-state index in [2.05, 4.69) is 73.7 Å². The van der Waals surface area contributed by atoms with Crippen molar-refractivity contribution in [2.75, 3.05) is 0 Å². The number of allylic oxidation sites excluding steroid dienone is 4. The Morgan fingerprint density at radius 1 is 0.900 bits per heavy atom. The molecule has 2 aromatic rings. The molecule has 0 heteroatoms. The van der Waals surface area contributed by atoms with E-state index >= 15 is 0 Å². The minimum atomic E-state index is 0.684. The third-order valence-electron chi connectivity index (χ3n) is 5.29. The SMILES string of the molecule is CC1C(c2cccc3ccccc23)CC2C=CC=CC21. The van der Waals surface area contributed by atoms with Gasteiger partial charge in [-0.25, -0.2) is 0 Å². The van der Waals surface area contributed by atoms with Gasteiger partial charge in [-0.05, 0) is 46.4 Å². The van der Waals surface area contributed by atoms with Crippen LogP contribution in [0.25, 0.3) is 10.8 Å². The topological polar surface area (TPSA) is 0 Å². The van der Waals surface area contributed by atoms with Crippen molar-refractivity contribution in [1.82, 2.24) is 0 Å². The molecule has 0 aromatic heterocycles. The average molecular weight is 260 g/mol. The first-order valence-electron chi connectivity index (χ1n) is 7.67. The molecule has 1 saturated carbocycles. The monoisotopic (exact) mass is 260 g/mol. The van der Waals surface area contributed by atoms with Crippen molar-refractivity contribution >= 4 is 10.8 Å². The smallest absolute Gasteiger partial charge is 0.0118 e. The predicted octanol–water partition coefficient (Wildman–Crippen LogP) is 5.32. The minimum Gasteiger partial charge on any atom is -0.0808 e. The summed E-state index contributed by atoms with van der Waals surface area (Å²) in [5, 5.41) is 2.82. The van der Waals surface area contributed by atoms with Crippen LogP contribution in [-0.4, -0.2) is 0 Å². The standard InChI is InChI=1S/C20H20/c1-14-17-10-4-3-8-16(17)13-20(14)19-12-6-9-15-7-2-5-11-18(15)19/h2-12,14,16-17,20H,13H2,1H3. The van der Waals surface area contributed by atoms with Gasteiger partial charge in [0, 0.05) is 0 Å². The van der Waals surface area contributed by atoms with Crippen molar-refractivity contribution in [3.63, 3.8) is 0 Å². The fourth-order valence-electron chi connectivity index (χ4n) is 4.23. The van der Waals surface area contributed by atoms with Gasteiger partial charge in [0.1, 0.15) is 0 Å². The van der Waals surface area contributed by atoms with Crippen LogP contribution in [0.4, 0.5) is 0 Å². The normalized spacial score (nSPS) is 31.6. The molecule has 2 aliphatic carbocycles. The Bertz CT molecular complexity index is 687. The Balaban J connectivity index is 1.80. The zero-order chi connectivity index (χ0) is 13.5. The van der Waals surface area contributed by atoms with Gasteiger partial charge in [0.05, 0.1) is 0 Å². The lowest BCUT2D eigenvalue weighted by molar-refractivity contribution is 0.431. The molecule has 4 unspecified atom stereocenters. The molecule has 0 saturated heterocycles. The Labute approximate surface area is 120 Å². The second-order valence-corrected chi connectivity index (χ2v) is 6.28. The summed E-state index contributed by atoms with van der Waals surface area (Å²) in [6.45, 7) is 2.43. The summed E-state index contributed by atoms with van der Waals surface area (Å²) in [5.74, 6) is 2.87. The van der Waals surface area contributed by atoms with Crippen LogP contribution in [0.5, 0.6) is 0 Å². The molecule has 0 bridgehead atoms. The lowest BCUT2D eigenvalue weighted by atomic mass is 9.83. The summed E-state index contributed by atoms with van der Waals surface area (Å²) in [6, 6.07) is 15.6. The van der Waals surface area contributed by atoms with Crippen molar-refractivity contribution < 1.29 is 0 Å². The van der Waals surface area contributed by atoms with Crippen LogP contribution in [0.2, 0.25) is 0 Å². The molecule has 20 heavy (non-hydrogen) atoms. The maximum atomic E-state index is 2.43. The molecule has 0 amide bonds. The number of fused-ring (bicyclic) bond motifs is 2. The van der Waals surface area contributed by atoms with Gasteiger partial charge in [-0.1, -0.05) is 73.7 Å². The van der Waals surface area contributed by atoms with Crippen LogP contribution < -0.4 is 0 Å². The fourth-order valence-corrected chi connectivity index (χ4v) is 4.23. The third-order valence-corrected chi connectivity index (χ3v) is 5.29. The van der Waals surface area contributed by atoms with Gasteiger partial charge in [0.25, 0.3) is 0 Å². The summed E-state index contributed by atoms with van der Waals surface area (Å²) in [5.41, 5.74) is 1.55. The number of hydrogen-bond donors (Lipinski definition) is 0. The molecular formula is C20H20. The zero-order valence-electron chi connectivity index (χ0n) is 11.9. The van der Waals surface area contributed by atoms with Crippen molar-refractivity contribution in [1.29, 1.82) is 0 Å². The molecule has 0 nitrogen and oxygen atoms in total. The van der Waals surface area contributed by atoms with E-state index in [4.69, 9.17) is 0 Å². The van der Waals surface area contributed by atoms with E-state index in [1.807, 2.05) is 0 Å². The van der Waals surface area contributed by atoms with Gasteiger partial charge in [-0.3, -0.25) is 0 Å². The van der Waals surface area contributed by atoms with Gasteiger partial charge < -0.3 is 0 Å². The molecule has 0 heterocycles. The Kier molecular flexibility index (Phi) is 2.77. The summed E-state index contributed by atoms with van der Waals surface area (Å²) >= 11 is 0. The molecule has 4 rings (SSSR count). The summed E-state index contributed by atoms with van der Waals surface area (Å²) in [4.78, 5) is 0. The van der Waals surface area contributed by atoms with Crippen LogP contribution in [0.15, 0.2) is 66.8 Å². The van der Waals surface area contributed by atoms with Crippen LogP contribution in [0.1, 0.15) is 24.8 Å². The van der Waals surface area contributed by atoms with Crippen molar-refractivity contribution in [3.8, 4) is 0 Å². The molecule has 0 N–H and O–H groups in total. The second-order valence-electron chi connectivity index (χ2n) is 6.28. The zero-order valence-corrected chi connectivity index (χ0v) is 11.9. The van der Waals surface area contributed by atoms with E-state index < -0.39 is 0 Å². The predicted molar refractivity (Wildman–Crippen MR) is 85.7 cm³/mol. The second kappa shape index (κ2) is 4.63. The lowest BCUT2D eigenvalue weighted by Gasteiger charge is -2.21. The van der Waals surface area contributed by atoms with E-state index in [0.29, 0.717) is 5.92 Å². The van der Waals surface area contributed by atoms with Gasteiger partial charge >= 0.3 is 0 Å². The highest BCUT2D eigenvalue weighted by atomic mass is 14.4. The molecular weight excluding hydrogens is 240 g/mol. The minimum absolute atomic E-state index is 0.684. The maximum absolute atomic E-state index is 2.43. The van der Waals surface area contributed by atoms with Crippen LogP contribution >= 0.6 is 0 Å². The Hall–Kier alpha value is -1.82. The van der Waals surface area contributed by atoms with E-state index in [9.17, 15) is 0 Å². The molecule has 0 spiro atoms. The van der Waals surface area contributed by atoms with Crippen LogP contribution in [0.3, 0.4) is 0 Å². The highest BCUT2D eigenvalue weighted by Gasteiger charge is 2.39. The lowest BCUT2D eigenvalue weighted by Crippen LogP contribution is -2.12.